The van der Waals surface area contributed by atoms with Crippen molar-refractivity contribution in [3.8, 4) is 5.69 Å². The summed E-state index contributed by atoms with van der Waals surface area (Å²) in [6, 6.07) is 8.61. The summed E-state index contributed by atoms with van der Waals surface area (Å²) in [6.07, 6.45) is 4.90. The van der Waals surface area contributed by atoms with Crippen LogP contribution in [0.1, 0.15) is 24.3 Å². The molecule has 1 fully saturated rings. The zero-order valence-corrected chi connectivity index (χ0v) is 11.2. The van der Waals surface area contributed by atoms with Crippen molar-refractivity contribution in [2.75, 3.05) is 19.7 Å². The van der Waals surface area contributed by atoms with E-state index in [1.807, 2.05) is 12.5 Å². The van der Waals surface area contributed by atoms with Crippen molar-refractivity contribution in [1.82, 2.24) is 14.9 Å². The van der Waals surface area contributed by atoms with Gasteiger partial charge in [-0.15, -0.1) is 0 Å². The van der Waals surface area contributed by atoms with Crippen LogP contribution in [-0.2, 0) is 11.2 Å². The second kappa shape index (κ2) is 5.55. The molecule has 0 radical (unpaired) electrons. The lowest BCUT2D eigenvalue weighted by atomic mass is 10.1. The van der Waals surface area contributed by atoms with Crippen LogP contribution in [0.2, 0.25) is 0 Å². The zero-order valence-electron chi connectivity index (χ0n) is 11.2. The van der Waals surface area contributed by atoms with Gasteiger partial charge >= 0.3 is 0 Å². The molecule has 0 spiro atoms. The van der Waals surface area contributed by atoms with Crippen LogP contribution in [-0.4, -0.2) is 29.2 Å². The maximum absolute atomic E-state index is 5.81. The molecule has 2 aromatic rings. The monoisotopic (exact) mass is 257 g/mol. The predicted molar refractivity (Wildman–Crippen MR) is 74.5 cm³/mol. The van der Waals surface area contributed by atoms with Crippen molar-refractivity contribution in [2.45, 2.75) is 19.4 Å². The van der Waals surface area contributed by atoms with Gasteiger partial charge in [-0.2, -0.15) is 0 Å². The molecule has 0 saturated carbocycles. The van der Waals surface area contributed by atoms with Crippen LogP contribution >= 0.6 is 0 Å². The van der Waals surface area contributed by atoms with Crippen LogP contribution in [0, 0.1) is 0 Å². The summed E-state index contributed by atoms with van der Waals surface area (Å²) in [5, 5.41) is 3.35. The minimum Gasteiger partial charge on any atom is -0.369 e. The third-order valence-corrected chi connectivity index (χ3v) is 3.55. The Balaban J connectivity index is 1.89. The number of morpholine rings is 1. The van der Waals surface area contributed by atoms with E-state index < -0.39 is 0 Å². The van der Waals surface area contributed by atoms with E-state index in [4.69, 9.17) is 4.74 Å². The fraction of sp³-hybridized carbons (Fsp3) is 0.400. The molecule has 0 aliphatic carbocycles. The van der Waals surface area contributed by atoms with Crippen LogP contribution in [0.25, 0.3) is 5.69 Å². The summed E-state index contributed by atoms with van der Waals surface area (Å²) >= 11 is 0. The number of rotatable bonds is 3. The van der Waals surface area contributed by atoms with E-state index >= 15 is 0 Å². The lowest BCUT2D eigenvalue weighted by molar-refractivity contribution is 0.0240. The summed E-state index contributed by atoms with van der Waals surface area (Å²) in [5.41, 5.74) is 3.59. The molecule has 1 unspecified atom stereocenters. The fourth-order valence-corrected chi connectivity index (χ4v) is 2.41. The summed E-state index contributed by atoms with van der Waals surface area (Å²) in [6.45, 7) is 4.69. The number of aromatic nitrogens is 2. The van der Waals surface area contributed by atoms with Gasteiger partial charge in [0, 0.05) is 18.8 Å². The third-order valence-electron chi connectivity index (χ3n) is 3.55. The summed E-state index contributed by atoms with van der Waals surface area (Å²) in [5.74, 6) is 0. The normalized spacial score (nSPS) is 19.5. The number of aryl methyl sites for hydroxylation is 1. The molecule has 1 atom stereocenters. The second-order valence-electron chi connectivity index (χ2n) is 4.77. The lowest BCUT2D eigenvalue weighted by Crippen LogP contribution is -2.34. The van der Waals surface area contributed by atoms with Crippen molar-refractivity contribution in [1.29, 1.82) is 0 Å². The Bertz CT molecular complexity index is 527. The van der Waals surface area contributed by atoms with Crippen LogP contribution in [0.15, 0.2) is 36.8 Å². The Morgan fingerprint density at radius 3 is 2.89 bits per heavy atom. The average Bonchev–Trinajstić information content (AvgIpc) is 2.98. The van der Waals surface area contributed by atoms with Crippen LogP contribution in [0.5, 0.6) is 0 Å². The molecule has 1 saturated heterocycles. The van der Waals surface area contributed by atoms with E-state index in [2.05, 4.69) is 46.1 Å². The highest BCUT2D eigenvalue weighted by molar-refractivity contribution is 5.36. The fourth-order valence-electron chi connectivity index (χ4n) is 2.41. The third kappa shape index (κ3) is 2.55. The summed E-state index contributed by atoms with van der Waals surface area (Å²) in [7, 11) is 0. The highest BCUT2D eigenvalue weighted by Gasteiger charge is 2.19. The molecule has 1 aliphatic heterocycles. The van der Waals surface area contributed by atoms with E-state index in [1.165, 1.54) is 5.56 Å². The molecule has 1 aromatic carbocycles. The Hall–Kier alpha value is -1.65. The first-order chi connectivity index (χ1) is 9.38. The highest BCUT2D eigenvalue weighted by atomic mass is 16.5. The minimum atomic E-state index is 0.0853. The second-order valence-corrected chi connectivity index (χ2v) is 4.77. The van der Waals surface area contributed by atoms with Gasteiger partial charge in [-0.1, -0.05) is 19.1 Å². The molecule has 3 rings (SSSR count). The van der Waals surface area contributed by atoms with Crippen molar-refractivity contribution >= 4 is 0 Å². The maximum Gasteiger partial charge on any atom is 0.112 e. The van der Waals surface area contributed by atoms with Crippen molar-refractivity contribution < 1.29 is 4.74 Å². The van der Waals surface area contributed by atoms with Gasteiger partial charge in [0.1, 0.15) is 6.10 Å². The zero-order chi connectivity index (χ0) is 13.1. The molecule has 1 N–H and O–H groups in total. The lowest BCUT2D eigenvalue weighted by Gasteiger charge is -2.24. The Labute approximate surface area is 113 Å². The molecule has 1 aliphatic rings. The first kappa shape index (κ1) is 12.4. The number of imidazole rings is 1. The summed E-state index contributed by atoms with van der Waals surface area (Å²) < 4.78 is 7.91. The van der Waals surface area contributed by atoms with Gasteiger partial charge in [-0.25, -0.2) is 4.98 Å². The molecule has 0 amide bonds. The highest BCUT2D eigenvalue weighted by Crippen LogP contribution is 2.22. The minimum absolute atomic E-state index is 0.0853. The quantitative estimate of drug-likeness (QED) is 0.915. The molecular formula is C15H19N3O. The standard InChI is InChI=1S/C15H19N3O/c1-2-12-3-5-13(6-4-12)18-11-17-9-14(18)15-10-16-7-8-19-15/h3-6,9,11,15-16H,2,7-8,10H2,1H3. The Kier molecular flexibility index (Phi) is 3.62. The number of benzene rings is 1. The van der Waals surface area contributed by atoms with Gasteiger partial charge in [-0.05, 0) is 24.1 Å². The topological polar surface area (TPSA) is 39.1 Å². The number of ether oxygens (including phenoxy) is 1. The molecule has 1 aromatic heterocycles. The maximum atomic E-state index is 5.81. The van der Waals surface area contributed by atoms with E-state index in [1.54, 1.807) is 0 Å². The molecule has 2 heterocycles. The van der Waals surface area contributed by atoms with Gasteiger partial charge in [-0.3, -0.25) is 0 Å². The van der Waals surface area contributed by atoms with Crippen LogP contribution < -0.4 is 5.32 Å². The molecule has 100 valence electrons. The van der Waals surface area contributed by atoms with Crippen molar-refractivity contribution in [3.63, 3.8) is 0 Å². The number of hydrogen-bond acceptors (Lipinski definition) is 3. The molecule has 19 heavy (non-hydrogen) atoms. The van der Waals surface area contributed by atoms with Crippen molar-refractivity contribution in [2.24, 2.45) is 0 Å². The molecule has 4 nitrogen and oxygen atoms in total. The predicted octanol–water partition coefficient (Wildman–Crippen LogP) is 2.10. The number of hydrogen-bond donors (Lipinski definition) is 1. The molecule has 4 heteroatoms. The van der Waals surface area contributed by atoms with Gasteiger partial charge < -0.3 is 14.6 Å². The van der Waals surface area contributed by atoms with Gasteiger partial charge in [0.05, 0.1) is 24.8 Å². The Morgan fingerprint density at radius 2 is 2.21 bits per heavy atom. The van der Waals surface area contributed by atoms with E-state index in [-0.39, 0.29) is 6.10 Å². The molecular weight excluding hydrogens is 238 g/mol. The largest absolute Gasteiger partial charge is 0.369 e. The first-order valence-corrected chi connectivity index (χ1v) is 6.82. The number of nitrogens with one attached hydrogen (secondary N) is 1. The van der Waals surface area contributed by atoms with Gasteiger partial charge in [0.2, 0.25) is 0 Å². The van der Waals surface area contributed by atoms with E-state index in [0.29, 0.717) is 0 Å². The average molecular weight is 257 g/mol. The number of nitrogens with zero attached hydrogens (tertiary/aromatic N) is 2. The Morgan fingerprint density at radius 1 is 1.37 bits per heavy atom. The van der Waals surface area contributed by atoms with E-state index in [0.717, 1.165) is 37.5 Å². The van der Waals surface area contributed by atoms with Gasteiger partial charge in [0.25, 0.3) is 0 Å². The smallest absolute Gasteiger partial charge is 0.112 e. The van der Waals surface area contributed by atoms with E-state index in [9.17, 15) is 0 Å². The first-order valence-electron chi connectivity index (χ1n) is 6.82. The molecule has 0 bridgehead atoms. The van der Waals surface area contributed by atoms with Gasteiger partial charge in [0.15, 0.2) is 0 Å². The van der Waals surface area contributed by atoms with Crippen LogP contribution in [0.3, 0.4) is 0 Å². The van der Waals surface area contributed by atoms with Crippen LogP contribution in [0.4, 0.5) is 0 Å². The summed E-state index contributed by atoms with van der Waals surface area (Å²) in [4.78, 5) is 4.27. The van der Waals surface area contributed by atoms with Crippen molar-refractivity contribution in [3.05, 3.63) is 48.0 Å². The SMILES string of the molecule is CCc1ccc(-n2cncc2C2CNCCO2)cc1.